The van der Waals surface area contributed by atoms with E-state index in [-0.39, 0.29) is 11.8 Å². The lowest BCUT2D eigenvalue weighted by atomic mass is 10.2. The van der Waals surface area contributed by atoms with Crippen molar-refractivity contribution in [1.29, 1.82) is 0 Å². The lowest BCUT2D eigenvalue weighted by Crippen LogP contribution is -2.48. The summed E-state index contributed by atoms with van der Waals surface area (Å²) < 4.78 is 0.731. The molecule has 0 aliphatic rings. The summed E-state index contributed by atoms with van der Waals surface area (Å²) >= 11 is 0. The van der Waals surface area contributed by atoms with Crippen LogP contribution in [0.4, 0.5) is 0 Å². The van der Waals surface area contributed by atoms with Crippen LogP contribution in [0.3, 0.4) is 0 Å². The van der Waals surface area contributed by atoms with Crippen molar-refractivity contribution in [3.8, 4) is 0 Å². The largest absolute Gasteiger partial charge is 0.355 e. The molecular weight excluding hydrogens is 292 g/mol. The Labute approximate surface area is 142 Å². The lowest BCUT2D eigenvalue weighted by Gasteiger charge is -2.29. The van der Waals surface area contributed by atoms with Gasteiger partial charge in [0.2, 0.25) is 5.91 Å². The molecule has 0 aromatic rings. The van der Waals surface area contributed by atoms with Crippen molar-refractivity contribution in [2.24, 2.45) is 0 Å². The first-order valence-corrected chi connectivity index (χ1v) is 8.77. The molecule has 0 rings (SSSR count). The van der Waals surface area contributed by atoms with Crippen LogP contribution in [0.15, 0.2) is 0 Å². The van der Waals surface area contributed by atoms with Gasteiger partial charge in [-0.15, -0.1) is 0 Å². The fourth-order valence-corrected chi connectivity index (χ4v) is 2.38. The normalized spacial score (nSPS) is 11.6. The third kappa shape index (κ3) is 14.2. The highest BCUT2D eigenvalue weighted by Gasteiger charge is 2.19. The van der Waals surface area contributed by atoms with Crippen molar-refractivity contribution in [2.45, 2.75) is 39.0 Å². The van der Waals surface area contributed by atoms with Crippen LogP contribution < -0.4 is 10.6 Å². The number of nitrogens with zero attached hydrogens (tertiary/aromatic N) is 2. The number of rotatable bonds is 13. The van der Waals surface area contributed by atoms with Gasteiger partial charge in [0, 0.05) is 13.1 Å². The second kappa shape index (κ2) is 12.3. The molecule has 2 amide bonds. The van der Waals surface area contributed by atoms with Crippen molar-refractivity contribution < 1.29 is 14.1 Å². The Balaban J connectivity index is 3.71. The predicted octanol–water partition coefficient (Wildman–Crippen LogP) is 0.827. The van der Waals surface area contributed by atoms with Crippen LogP contribution in [0, 0.1) is 0 Å². The van der Waals surface area contributed by atoms with Gasteiger partial charge in [-0.2, -0.15) is 0 Å². The van der Waals surface area contributed by atoms with Crippen LogP contribution in [0.5, 0.6) is 0 Å². The first-order chi connectivity index (χ1) is 10.8. The summed E-state index contributed by atoms with van der Waals surface area (Å²) in [5, 5.41) is 5.78. The Morgan fingerprint density at radius 2 is 1.52 bits per heavy atom. The standard InChI is InChI=1S/C17H36N4O2/c1-6-7-8-9-13-21(4,5)15-17(23)19-12-10-11-18-16(22)14-20(2)3/h6-15H2,1-5H3,(H-,18,19,22,23)/p+1. The Bertz CT molecular complexity index is 343. The molecule has 0 aliphatic heterocycles. The molecule has 0 saturated carbocycles. The quantitative estimate of drug-likeness (QED) is 0.389. The molecule has 2 N–H and O–H groups in total. The van der Waals surface area contributed by atoms with Crippen molar-refractivity contribution in [3.05, 3.63) is 0 Å². The molecule has 0 atom stereocenters. The Morgan fingerprint density at radius 3 is 2.09 bits per heavy atom. The van der Waals surface area contributed by atoms with Crippen molar-refractivity contribution in [3.63, 3.8) is 0 Å². The fraction of sp³-hybridized carbons (Fsp3) is 0.882. The minimum atomic E-state index is 0.0196. The van der Waals surface area contributed by atoms with E-state index in [4.69, 9.17) is 0 Å². The number of hydrogen-bond donors (Lipinski definition) is 2. The van der Waals surface area contributed by atoms with Gasteiger partial charge in [0.25, 0.3) is 5.91 Å². The molecule has 23 heavy (non-hydrogen) atoms. The van der Waals surface area contributed by atoms with E-state index in [0.717, 1.165) is 17.4 Å². The Kier molecular flexibility index (Phi) is 11.7. The van der Waals surface area contributed by atoms with Gasteiger partial charge in [-0.1, -0.05) is 19.8 Å². The highest BCUT2D eigenvalue weighted by atomic mass is 16.2. The molecule has 0 aromatic heterocycles. The van der Waals surface area contributed by atoms with Gasteiger partial charge in [-0.3, -0.25) is 9.59 Å². The van der Waals surface area contributed by atoms with E-state index in [9.17, 15) is 9.59 Å². The molecule has 0 radical (unpaired) electrons. The van der Waals surface area contributed by atoms with Gasteiger partial charge in [0.15, 0.2) is 6.54 Å². The molecule has 0 saturated heterocycles. The number of unbranched alkanes of at least 4 members (excludes halogenated alkanes) is 3. The van der Waals surface area contributed by atoms with Crippen molar-refractivity contribution >= 4 is 11.8 Å². The summed E-state index contributed by atoms with van der Waals surface area (Å²) in [4.78, 5) is 25.2. The van der Waals surface area contributed by atoms with Crippen LogP contribution >= 0.6 is 0 Å². The maximum absolute atomic E-state index is 12.0. The van der Waals surface area contributed by atoms with Gasteiger partial charge in [-0.25, -0.2) is 0 Å². The summed E-state index contributed by atoms with van der Waals surface area (Å²) in [6.45, 7) is 5.36. The summed E-state index contributed by atoms with van der Waals surface area (Å²) in [7, 11) is 7.93. The summed E-state index contributed by atoms with van der Waals surface area (Å²) in [6.07, 6.45) is 5.68. The lowest BCUT2D eigenvalue weighted by molar-refractivity contribution is -0.882. The highest BCUT2D eigenvalue weighted by molar-refractivity contribution is 5.78. The number of amides is 2. The van der Waals surface area contributed by atoms with Gasteiger partial charge in [-0.05, 0) is 33.4 Å². The topological polar surface area (TPSA) is 61.4 Å². The zero-order chi connectivity index (χ0) is 17.7. The smallest absolute Gasteiger partial charge is 0.275 e. The van der Waals surface area contributed by atoms with Crippen LogP contribution in [0.25, 0.3) is 0 Å². The Hall–Kier alpha value is -1.14. The molecule has 0 aromatic carbocycles. The van der Waals surface area contributed by atoms with E-state index in [2.05, 4.69) is 31.7 Å². The maximum Gasteiger partial charge on any atom is 0.275 e. The number of carbonyl (C=O) groups is 2. The third-order valence-electron chi connectivity index (χ3n) is 3.65. The van der Waals surface area contributed by atoms with E-state index < -0.39 is 0 Å². The maximum atomic E-state index is 12.0. The van der Waals surface area contributed by atoms with Crippen LogP contribution in [-0.2, 0) is 9.59 Å². The zero-order valence-electron chi connectivity index (χ0n) is 15.8. The average Bonchev–Trinajstić information content (AvgIpc) is 2.42. The second-order valence-electron chi connectivity index (χ2n) is 7.17. The molecule has 0 spiro atoms. The molecule has 0 unspecified atom stereocenters. The van der Waals surface area contributed by atoms with E-state index in [0.29, 0.717) is 26.2 Å². The fourth-order valence-electron chi connectivity index (χ4n) is 2.38. The van der Waals surface area contributed by atoms with Crippen molar-refractivity contribution in [1.82, 2.24) is 15.5 Å². The highest BCUT2D eigenvalue weighted by Crippen LogP contribution is 2.05. The number of likely N-dealkylation sites (N-methyl/N-ethyl adjacent to an activating group) is 2. The number of nitrogens with one attached hydrogen (secondary N) is 2. The van der Waals surface area contributed by atoms with E-state index in [1.165, 1.54) is 25.7 Å². The van der Waals surface area contributed by atoms with E-state index in [1.807, 2.05) is 19.0 Å². The number of quaternary nitrogens is 1. The monoisotopic (exact) mass is 329 g/mol. The minimum Gasteiger partial charge on any atom is -0.355 e. The van der Waals surface area contributed by atoms with E-state index >= 15 is 0 Å². The zero-order valence-corrected chi connectivity index (χ0v) is 15.8. The van der Waals surface area contributed by atoms with Crippen molar-refractivity contribution in [2.75, 3.05) is 60.9 Å². The molecule has 136 valence electrons. The van der Waals surface area contributed by atoms with Gasteiger partial charge in [0.05, 0.1) is 27.2 Å². The van der Waals surface area contributed by atoms with E-state index in [1.54, 1.807) is 0 Å². The summed E-state index contributed by atoms with van der Waals surface area (Å²) in [6, 6.07) is 0. The molecular formula is C17H37N4O2+. The van der Waals surface area contributed by atoms with Crippen LogP contribution in [0.1, 0.15) is 39.0 Å². The second-order valence-corrected chi connectivity index (χ2v) is 7.17. The summed E-state index contributed by atoms with van der Waals surface area (Å²) in [5.74, 6) is 0.108. The Morgan fingerprint density at radius 1 is 0.913 bits per heavy atom. The molecule has 0 heterocycles. The molecule has 0 aliphatic carbocycles. The van der Waals surface area contributed by atoms with Crippen LogP contribution in [0.2, 0.25) is 0 Å². The molecule has 0 bridgehead atoms. The molecule has 0 fully saturated rings. The van der Waals surface area contributed by atoms with Gasteiger partial charge >= 0.3 is 0 Å². The summed E-state index contributed by atoms with van der Waals surface area (Å²) in [5.41, 5.74) is 0. The third-order valence-corrected chi connectivity index (χ3v) is 3.65. The molecule has 6 heteroatoms. The number of hydrogen-bond acceptors (Lipinski definition) is 3. The van der Waals surface area contributed by atoms with Crippen LogP contribution in [-0.4, -0.2) is 82.1 Å². The predicted molar refractivity (Wildman–Crippen MR) is 95.2 cm³/mol. The van der Waals surface area contributed by atoms with Gasteiger partial charge < -0.3 is 20.0 Å². The number of carbonyl (C=O) groups excluding carboxylic acids is 2. The SMILES string of the molecule is CCCCCC[N+](C)(C)CC(=O)NCCCNC(=O)CN(C)C. The minimum absolute atomic E-state index is 0.0196. The average molecular weight is 330 g/mol. The first kappa shape index (κ1) is 21.9. The van der Waals surface area contributed by atoms with Gasteiger partial charge in [0.1, 0.15) is 0 Å². The first-order valence-electron chi connectivity index (χ1n) is 8.77. The molecule has 6 nitrogen and oxygen atoms in total.